The van der Waals surface area contributed by atoms with Crippen LogP contribution in [-0.2, 0) is 0 Å². The minimum atomic E-state index is 0.584. The Kier molecular flexibility index (Phi) is 4.15. The van der Waals surface area contributed by atoms with E-state index in [0.29, 0.717) is 6.04 Å². The third-order valence-electron chi connectivity index (χ3n) is 3.90. The highest BCUT2D eigenvalue weighted by Crippen LogP contribution is 2.33. The Morgan fingerprint density at radius 2 is 1.78 bits per heavy atom. The molecule has 2 heteroatoms. The largest absolute Gasteiger partial charge is 0.495 e. The molecule has 0 aromatic heterocycles. The van der Waals surface area contributed by atoms with Crippen molar-refractivity contribution < 1.29 is 4.74 Å². The van der Waals surface area contributed by atoms with Crippen molar-refractivity contribution in [1.29, 1.82) is 0 Å². The van der Waals surface area contributed by atoms with Gasteiger partial charge in [-0.3, -0.25) is 0 Å². The van der Waals surface area contributed by atoms with E-state index >= 15 is 0 Å². The number of rotatable bonds is 3. The molecule has 1 aliphatic carbocycles. The zero-order valence-corrected chi connectivity index (χ0v) is 12.0. The zero-order valence-electron chi connectivity index (χ0n) is 12.0. The average molecular weight is 247 g/mol. The van der Waals surface area contributed by atoms with Gasteiger partial charge < -0.3 is 10.1 Å². The monoisotopic (exact) mass is 247 g/mol. The van der Waals surface area contributed by atoms with E-state index in [2.05, 4.69) is 44.3 Å². The smallest absolute Gasteiger partial charge is 0.142 e. The van der Waals surface area contributed by atoms with Crippen LogP contribution in [0, 0.1) is 18.8 Å². The fourth-order valence-electron chi connectivity index (χ4n) is 3.20. The number of aryl methyl sites for hydroxylation is 1. The lowest BCUT2D eigenvalue weighted by Crippen LogP contribution is -2.30. The summed E-state index contributed by atoms with van der Waals surface area (Å²) in [4.78, 5) is 0. The molecule has 0 spiro atoms. The molecule has 1 aromatic carbocycles. The van der Waals surface area contributed by atoms with Crippen LogP contribution in [0.5, 0.6) is 5.75 Å². The van der Waals surface area contributed by atoms with Gasteiger partial charge in [0.25, 0.3) is 0 Å². The van der Waals surface area contributed by atoms with Crippen molar-refractivity contribution in [3.05, 3.63) is 23.8 Å². The molecule has 0 aliphatic heterocycles. The molecule has 1 saturated carbocycles. The Balaban J connectivity index is 2.08. The van der Waals surface area contributed by atoms with E-state index in [4.69, 9.17) is 4.74 Å². The Labute approximate surface area is 111 Å². The standard InChI is InChI=1S/C16H25NO/c1-11-5-6-15(16(10-11)18-4)17-14-8-12(2)7-13(3)9-14/h5-6,10,12-14,17H,7-9H2,1-4H3. The highest BCUT2D eigenvalue weighted by atomic mass is 16.5. The summed E-state index contributed by atoms with van der Waals surface area (Å²) >= 11 is 0. The van der Waals surface area contributed by atoms with Crippen LogP contribution in [0.15, 0.2) is 18.2 Å². The van der Waals surface area contributed by atoms with E-state index in [1.54, 1.807) is 7.11 Å². The van der Waals surface area contributed by atoms with Gasteiger partial charge in [-0.2, -0.15) is 0 Å². The van der Waals surface area contributed by atoms with Crippen molar-refractivity contribution >= 4 is 5.69 Å². The van der Waals surface area contributed by atoms with E-state index in [1.807, 2.05) is 0 Å². The molecule has 0 saturated heterocycles. The van der Waals surface area contributed by atoms with Gasteiger partial charge in [0.2, 0.25) is 0 Å². The topological polar surface area (TPSA) is 21.3 Å². The first-order valence-electron chi connectivity index (χ1n) is 6.99. The van der Waals surface area contributed by atoms with Crippen LogP contribution in [0.3, 0.4) is 0 Å². The van der Waals surface area contributed by atoms with E-state index in [-0.39, 0.29) is 0 Å². The lowest BCUT2D eigenvalue weighted by molar-refractivity contribution is 0.280. The second-order valence-electron chi connectivity index (χ2n) is 5.96. The van der Waals surface area contributed by atoms with Crippen LogP contribution in [0.25, 0.3) is 0 Å². The van der Waals surface area contributed by atoms with Crippen LogP contribution in [0.2, 0.25) is 0 Å². The lowest BCUT2D eigenvalue weighted by atomic mass is 9.80. The highest BCUT2D eigenvalue weighted by molar-refractivity contribution is 5.58. The van der Waals surface area contributed by atoms with Gasteiger partial charge in [0.05, 0.1) is 12.8 Å². The Bertz CT molecular complexity index is 392. The van der Waals surface area contributed by atoms with Gasteiger partial charge in [0, 0.05) is 6.04 Å². The summed E-state index contributed by atoms with van der Waals surface area (Å²) in [6.07, 6.45) is 3.89. The molecule has 2 unspecified atom stereocenters. The second-order valence-corrected chi connectivity index (χ2v) is 5.96. The van der Waals surface area contributed by atoms with Crippen molar-refractivity contribution in [2.75, 3.05) is 12.4 Å². The van der Waals surface area contributed by atoms with E-state index in [9.17, 15) is 0 Å². The fourth-order valence-corrected chi connectivity index (χ4v) is 3.20. The molecule has 1 aliphatic rings. The van der Waals surface area contributed by atoms with Crippen LogP contribution in [0.1, 0.15) is 38.7 Å². The first kappa shape index (κ1) is 13.3. The Hall–Kier alpha value is -1.18. The third kappa shape index (κ3) is 3.18. The minimum absolute atomic E-state index is 0.584. The van der Waals surface area contributed by atoms with Gasteiger partial charge in [-0.25, -0.2) is 0 Å². The Morgan fingerprint density at radius 3 is 2.39 bits per heavy atom. The zero-order chi connectivity index (χ0) is 13.1. The highest BCUT2D eigenvalue weighted by Gasteiger charge is 2.24. The molecule has 100 valence electrons. The number of ether oxygens (including phenoxy) is 1. The van der Waals surface area contributed by atoms with Crippen LogP contribution >= 0.6 is 0 Å². The normalized spacial score (nSPS) is 27.9. The quantitative estimate of drug-likeness (QED) is 0.862. The van der Waals surface area contributed by atoms with Crippen molar-refractivity contribution in [2.45, 2.75) is 46.1 Å². The summed E-state index contributed by atoms with van der Waals surface area (Å²) in [5.41, 5.74) is 2.37. The molecule has 18 heavy (non-hydrogen) atoms. The first-order chi connectivity index (χ1) is 8.58. The van der Waals surface area contributed by atoms with Gasteiger partial charge in [-0.1, -0.05) is 19.9 Å². The minimum Gasteiger partial charge on any atom is -0.495 e. The average Bonchev–Trinajstić information content (AvgIpc) is 2.30. The predicted molar refractivity (Wildman–Crippen MR) is 77.3 cm³/mol. The van der Waals surface area contributed by atoms with Crippen molar-refractivity contribution in [3.8, 4) is 5.75 Å². The van der Waals surface area contributed by atoms with E-state index in [1.165, 1.54) is 24.8 Å². The molecular weight excluding hydrogens is 222 g/mol. The SMILES string of the molecule is COc1cc(C)ccc1NC1CC(C)CC(C)C1. The molecule has 0 bridgehead atoms. The van der Waals surface area contributed by atoms with Crippen LogP contribution in [0.4, 0.5) is 5.69 Å². The summed E-state index contributed by atoms with van der Waals surface area (Å²) in [6.45, 7) is 6.81. The first-order valence-corrected chi connectivity index (χ1v) is 6.99. The Morgan fingerprint density at radius 1 is 1.11 bits per heavy atom. The summed E-state index contributed by atoms with van der Waals surface area (Å²) in [5.74, 6) is 2.60. The van der Waals surface area contributed by atoms with Gasteiger partial charge in [-0.05, 0) is 55.7 Å². The van der Waals surface area contributed by atoms with Gasteiger partial charge >= 0.3 is 0 Å². The molecule has 1 N–H and O–H groups in total. The number of hydrogen-bond donors (Lipinski definition) is 1. The third-order valence-corrected chi connectivity index (χ3v) is 3.90. The predicted octanol–water partition coefficient (Wildman–Crippen LogP) is 4.24. The van der Waals surface area contributed by atoms with Crippen LogP contribution in [-0.4, -0.2) is 13.2 Å². The van der Waals surface area contributed by atoms with Crippen molar-refractivity contribution in [3.63, 3.8) is 0 Å². The van der Waals surface area contributed by atoms with E-state index in [0.717, 1.165) is 23.3 Å². The molecule has 0 radical (unpaired) electrons. The molecule has 1 aromatic rings. The van der Waals surface area contributed by atoms with E-state index < -0.39 is 0 Å². The summed E-state index contributed by atoms with van der Waals surface area (Å²) in [6, 6.07) is 6.96. The molecule has 0 amide bonds. The molecule has 2 nitrogen and oxygen atoms in total. The number of methoxy groups -OCH3 is 1. The molecule has 0 heterocycles. The summed E-state index contributed by atoms with van der Waals surface area (Å²) in [5, 5.41) is 3.66. The van der Waals surface area contributed by atoms with Gasteiger partial charge in [0.15, 0.2) is 0 Å². The van der Waals surface area contributed by atoms with Gasteiger partial charge in [-0.15, -0.1) is 0 Å². The fraction of sp³-hybridized carbons (Fsp3) is 0.625. The van der Waals surface area contributed by atoms with Crippen molar-refractivity contribution in [2.24, 2.45) is 11.8 Å². The summed E-state index contributed by atoms with van der Waals surface area (Å²) in [7, 11) is 1.74. The number of anilines is 1. The van der Waals surface area contributed by atoms with Crippen LogP contribution < -0.4 is 10.1 Å². The molecule has 1 fully saturated rings. The number of benzene rings is 1. The number of nitrogens with one attached hydrogen (secondary N) is 1. The van der Waals surface area contributed by atoms with Gasteiger partial charge in [0.1, 0.15) is 5.75 Å². The maximum atomic E-state index is 5.46. The number of hydrogen-bond acceptors (Lipinski definition) is 2. The van der Waals surface area contributed by atoms with Crippen molar-refractivity contribution in [1.82, 2.24) is 0 Å². The lowest BCUT2D eigenvalue weighted by Gasteiger charge is -2.33. The molecular formula is C16H25NO. The molecule has 2 rings (SSSR count). The maximum Gasteiger partial charge on any atom is 0.142 e. The second kappa shape index (κ2) is 5.64. The maximum absolute atomic E-state index is 5.46. The molecule has 2 atom stereocenters. The summed E-state index contributed by atoms with van der Waals surface area (Å²) < 4.78 is 5.46.